The highest BCUT2D eigenvalue weighted by Crippen LogP contribution is 2.20. The summed E-state index contributed by atoms with van der Waals surface area (Å²) >= 11 is 0. The third kappa shape index (κ3) is 5.16. The molecule has 4 heterocycles. The minimum absolute atomic E-state index is 0.0384. The number of ether oxygens (including phenoxy) is 1. The molecular formula is C23H27N7O2. The lowest BCUT2D eigenvalue weighted by Gasteiger charge is -2.31. The Morgan fingerprint density at radius 2 is 1.81 bits per heavy atom. The highest BCUT2D eigenvalue weighted by atomic mass is 16.5. The Labute approximate surface area is 187 Å². The van der Waals surface area contributed by atoms with Gasteiger partial charge < -0.3 is 15.0 Å². The molecule has 0 spiro atoms. The number of amides is 1. The van der Waals surface area contributed by atoms with Crippen LogP contribution in [-0.2, 0) is 6.42 Å². The second-order valence-electron chi connectivity index (χ2n) is 7.83. The zero-order valence-electron chi connectivity index (χ0n) is 18.6. The molecule has 0 saturated carbocycles. The summed E-state index contributed by atoms with van der Waals surface area (Å²) < 4.78 is 5.98. The molecule has 32 heavy (non-hydrogen) atoms. The Bertz CT molecular complexity index is 1060. The topological polar surface area (TPSA) is 106 Å². The van der Waals surface area contributed by atoms with Crippen LogP contribution in [0.15, 0.2) is 36.9 Å². The van der Waals surface area contributed by atoms with E-state index in [0.29, 0.717) is 11.6 Å². The molecule has 1 fully saturated rings. The number of nitrogens with one attached hydrogen (secondary N) is 1. The highest BCUT2D eigenvalue weighted by Gasteiger charge is 2.23. The lowest BCUT2D eigenvalue weighted by Crippen LogP contribution is -2.39. The van der Waals surface area contributed by atoms with Gasteiger partial charge in [0.15, 0.2) is 0 Å². The van der Waals surface area contributed by atoms with E-state index in [1.165, 1.54) is 12.4 Å². The number of anilines is 2. The number of carbonyl (C=O) groups is 1. The average Bonchev–Trinajstić information content (AvgIpc) is 2.82. The van der Waals surface area contributed by atoms with E-state index in [-0.39, 0.29) is 17.7 Å². The number of carbonyl (C=O) groups excluding carboxylic acids is 1. The van der Waals surface area contributed by atoms with Gasteiger partial charge in [-0.05, 0) is 38.0 Å². The predicted molar refractivity (Wildman–Crippen MR) is 121 cm³/mol. The molecule has 0 aliphatic carbocycles. The standard InChI is InChI=1S/C23H27N7O2/c1-4-17-11-26-23(27-12-17)30-9-7-18(8-10-30)32-21-14-24-20(13-25-21)22(31)29-19-6-5-15(2)28-16(19)3/h5-6,11-14,18H,4,7-10H2,1-3H3,(H,29,31). The number of aromatic nitrogens is 5. The summed E-state index contributed by atoms with van der Waals surface area (Å²) in [5.41, 5.74) is 3.66. The Morgan fingerprint density at radius 3 is 2.44 bits per heavy atom. The maximum absolute atomic E-state index is 12.5. The molecule has 0 bridgehead atoms. The van der Waals surface area contributed by atoms with Crippen LogP contribution in [0.4, 0.5) is 11.6 Å². The summed E-state index contributed by atoms with van der Waals surface area (Å²) in [5.74, 6) is 0.840. The maximum atomic E-state index is 12.5. The first kappa shape index (κ1) is 21.6. The minimum Gasteiger partial charge on any atom is -0.473 e. The van der Waals surface area contributed by atoms with Crippen molar-refractivity contribution in [1.29, 1.82) is 0 Å². The molecule has 0 atom stereocenters. The molecule has 166 valence electrons. The predicted octanol–water partition coefficient (Wildman–Crippen LogP) is 3.14. The first-order chi connectivity index (χ1) is 15.5. The van der Waals surface area contributed by atoms with E-state index >= 15 is 0 Å². The molecule has 4 rings (SSSR count). The molecular weight excluding hydrogens is 406 g/mol. The molecule has 3 aromatic heterocycles. The molecule has 1 N–H and O–H groups in total. The van der Waals surface area contributed by atoms with Crippen LogP contribution in [0, 0.1) is 13.8 Å². The van der Waals surface area contributed by atoms with Gasteiger partial charge in [0.1, 0.15) is 11.8 Å². The summed E-state index contributed by atoms with van der Waals surface area (Å²) in [6.07, 6.45) is 9.33. The van der Waals surface area contributed by atoms with E-state index in [1.54, 1.807) is 0 Å². The first-order valence-electron chi connectivity index (χ1n) is 10.8. The van der Waals surface area contributed by atoms with E-state index in [2.05, 4.69) is 42.1 Å². The van der Waals surface area contributed by atoms with Crippen LogP contribution >= 0.6 is 0 Å². The van der Waals surface area contributed by atoms with Gasteiger partial charge in [-0.15, -0.1) is 0 Å². The van der Waals surface area contributed by atoms with Crippen molar-refractivity contribution in [2.75, 3.05) is 23.3 Å². The molecule has 0 radical (unpaired) electrons. The van der Waals surface area contributed by atoms with E-state index < -0.39 is 0 Å². The molecule has 0 unspecified atom stereocenters. The Hall–Kier alpha value is -3.62. The summed E-state index contributed by atoms with van der Waals surface area (Å²) in [6.45, 7) is 7.47. The summed E-state index contributed by atoms with van der Waals surface area (Å²) in [4.78, 5) is 36.4. The van der Waals surface area contributed by atoms with Gasteiger partial charge in [0.2, 0.25) is 11.8 Å². The molecule has 1 aliphatic rings. The molecule has 1 saturated heterocycles. The zero-order chi connectivity index (χ0) is 22.5. The summed E-state index contributed by atoms with van der Waals surface area (Å²) in [7, 11) is 0. The van der Waals surface area contributed by atoms with Gasteiger partial charge in [-0.3, -0.25) is 9.78 Å². The fraction of sp³-hybridized carbons (Fsp3) is 0.391. The van der Waals surface area contributed by atoms with Crippen molar-refractivity contribution in [1.82, 2.24) is 24.9 Å². The zero-order valence-corrected chi connectivity index (χ0v) is 18.6. The van der Waals surface area contributed by atoms with Gasteiger partial charge in [-0.1, -0.05) is 6.92 Å². The third-order valence-corrected chi connectivity index (χ3v) is 5.45. The molecule has 3 aromatic rings. The molecule has 9 heteroatoms. The summed E-state index contributed by atoms with van der Waals surface area (Å²) in [6, 6.07) is 3.68. The van der Waals surface area contributed by atoms with Crippen molar-refractivity contribution in [3.05, 3.63) is 59.6 Å². The van der Waals surface area contributed by atoms with Gasteiger partial charge in [-0.2, -0.15) is 0 Å². The molecule has 1 aliphatic heterocycles. The minimum atomic E-state index is -0.333. The largest absolute Gasteiger partial charge is 0.473 e. The van der Waals surface area contributed by atoms with Crippen LogP contribution in [0.5, 0.6) is 5.88 Å². The normalized spacial score (nSPS) is 14.3. The number of hydrogen-bond acceptors (Lipinski definition) is 8. The van der Waals surface area contributed by atoms with Crippen LogP contribution in [0.25, 0.3) is 0 Å². The van der Waals surface area contributed by atoms with E-state index in [9.17, 15) is 4.79 Å². The van der Waals surface area contributed by atoms with E-state index in [4.69, 9.17) is 4.74 Å². The SMILES string of the molecule is CCc1cnc(N2CCC(Oc3cnc(C(=O)Nc4ccc(C)nc4C)cn3)CC2)nc1. The molecule has 9 nitrogen and oxygen atoms in total. The number of hydrogen-bond donors (Lipinski definition) is 1. The van der Waals surface area contributed by atoms with Crippen molar-refractivity contribution < 1.29 is 9.53 Å². The van der Waals surface area contributed by atoms with Crippen molar-refractivity contribution in [3.8, 4) is 5.88 Å². The Balaban J connectivity index is 1.29. The van der Waals surface area contributed by atoms with Crippen molar-refractivity contribution >= 4 is 17.5 Å². The second kappa shape index (κ2) is 9.67. The smallest absolute Gasteiger partial charge is 0.275 e. The second-order valence-corrected chi connectivity index (χ2v) is 7.83. The van der Waals surface area contributed by atoms with Crippen LogP contribution in [0.1, 0.15) is 47.2 Å². The average molecular weight is 434 g/mol. The highest BCUT2D eigenvalue weighted by molar-refractivity contribution is 6.02. The lowest BCUT2D eigenvalue weighted by molar-refractivity contribution is 0.102. The van der Waals surface area contributed by atoms with Gasteiger partial charge in [0.05, 0.1) is 23.8 Å². The van der Waals surface area contributed by atoms with Crippen molar-refractivity contribution in [2.24, 2.45) is 0 Å². The number of aryl methyl sites for hydroxylation is 3. The van der Waals surface area contributed by atoms with Crippen molar-refractivity contribution in [3.63, 3.8) is 0 Å². The Kier molecular flexibility index (Phi) is 6.53. The van der Waals surface area contributed by atoms with Crippen LogP contribution in [0.2, 0.25) is 0 Å². The van der Waals surface area contributed by atoms with Gasteiger partial charge in [-0.25, -0.2) is 19.9 Å². The number of nitrogens with zero attached hydrogens (tertiary/aromatic N) is 6. The van der Waals surface area contributed by atoms with E-state index in [1.807, 2.05) is 38.4 Å². The lowest BCUT2D eigenvalue weighted by atomic mass is 10.1. The fourth-order valence-electron chi connectivity index (χ4n) is 3.54. The first-order valence-corrected chi connectivity index (χ1v) is 10.8. The number of piperidine rings is 1. The monoisotopic (exact) mass is 433 g/mol. The van der Waals surface area contributed by atoms with Gasteiger partial charge in [0, 0.05) is 44.0 Å². The molecule has 1 amide bonds. The third-order valence-electron chi connectivity index (χ3n) is 5.45. The van der Waals surface area contributed by atoms with Crippen LogP contribution in [0.3, 0.4) is 0 Å². The maximum Gasteiger partial charge on any atom is 0.275 e. The summed E-state index contributed by atoms with van der Waals surface area (Å²) in [5, 5.41) is 2.82. The quantitative estimate of drug-likeness (QED) is 0.632. The number of rotatable bonds is 6. The number of pyridine rings is 1. The van der Waals surface area contributed by atoms with Crippen molar-refractivity contribution in [2.45, 2.75) is 46.1 Å². The van der Waals surface area contributed by atoms with Gasteiger partial charge >= 0.3 is 0 Å². The Morgan fingerprint density at radius 1 is 1.06 bits per heavy atom. The van der Waals surface area contributed by atoms with E-state index in [0.717, 1.165) is 55.3 Å². The fourth-order valence-corrected chi connectivity index (χ4v) is 3.54. The molecule has 0 aromatic carbocycles. The van der Waals surface area contributed by atoms with Gasteiger partial charge in [0.25, 0.3) is 5.91 Å². The van der Waals surface area contributed by atoms with Crippen LogP contribution in [-0.4, -0.2) is 50.0 Å². The van der Waals surface area contributed by atoms with Crippen LogP contribution < -0.4 is 15.0 Å².